The molecule has 0 saturated carbocycles. The molecule has 0 aliphatic heterocycles. The van der Waals surface area contributed by atoms with Gasteiger partial charge in [0.1, 0.15) is 0 Å². The number of nitrogens with zero attached hydrogens (tertiary/aromatic N) is 4. The fraction of sp³-hybridized carbons (Fsp3) is 0.333. The Balaban J connectivity index is 1.66. The van der Waals surface area contributed by atoms with Gasteiger partial charge >= 0.3 is 0 Å². The van der Waals surface area contributed by atoms with E-state index in [-0.39, 0.29) is 18.3 Å². The van der Waals surface area contributed by atoms with Crippen LogP contribution in [-0.4, -0.2) is 36.5 Å². The molecule has 2 N–H and O–H groups in total. The number of aliphatic hydroxyl groups excluding tert-OH is 1. The van der Waals surface area contributed by atoms with Crippen molar-refractivity contribution < 1.29 is 9.90 Å². The predicted molar refractivity (Wildman–Crippen MR) is 115 cm³/mol. The Morgan fingerprint density at radius 3 is 2.62 bits per heavy atom. The molecule has 152 valence electrons. The molecule has 1 aromatic carbocycles. The van der Waals surface area contributed by atoms with Gasteiger partial charge in [0, 0.05) is 30.2 Å². The number of carbonyl (C=O) groups excluding carboxylic acids is 1. The van der Waals surface area contributed by atoms with Gasteiger partial charge in [-0.15, -0.1) is 10.2 Å². The number of carbonyl (C=O) groups is 1. The molecule has 1 amide bonds. The predicted octanol–water partition coefficient (Wildman–Crippen LogP) is 3.71. The molecule has 29 heavy (non-hydrogen) atoms. The molecule has 8 heteroatoms. The van der Waals surface area contributed by atoms with Crippen LogP contribution in [0.4, 0.5) is 5.69 Å². The highest BCUT2D eigenvalue weighted by Gasteiger charge is 2.15. The Morgan fingerprint density at radius 1 is 1.21 bits per heavy atom. The number of pyridine rings is 1. The van der Waals surface area contributed by atoms with Gasteiger partial charge in [-0.1, -0.05) is 37.7 Å². The van der Waals surface area contributed by atoms with Gasteiger partial charge in [0.15, 0.2) is 11.0 Å². The average molecular weight is 412 g/mol. The van der Waals surface area contributed by atoms with Gasteiger partial charge < -0.3 is 15.0 Å². The Hall–Kier alpha value is -2.71. The summed E-state index contributed by atoms with van der Waals surface area (Å²) < 4.78 is 1.94. The second-order valence-electron chi connectivity index (χ2n) is 6.90. The summed E-state index contributed by atoms with van der Waals surface area (Å²) >= 11 is 1.34. The molecule has 2 heterocycles. The average Bonchev–Trinajstić information content (AvgIpc) is 3.15. The number of benzene rings is 1. The van der Waals surface area contributed by atoms with Crippen LogP contribution in [0.1, 0.15) is 37.8 Å². The van der Waals surface area contributed by atoms with Gasteiger partial charge in [-0.25, -0.2) is 0 Å². The summed E-state index contributed by atoms with van der Waals surface area (Å²) in [5.41, 5.74) is 3.52. The van der Waals surface area contributed by atoms with Crippen molar-refractivity contribution in [3.05, 3.63) is 53.9 Å². The van der Waals surface area contributed by atoms with Gasteiger partial charge in [-0.05, 0) is 42.2 Å². The minimum absolute atomic E-state index is 0.0823. The minimum Gasteiger partial charge on any atom is -0.392 e. The summed E-state index contributed by atoms with van der Waals surface area (Å²) in [6.45, 7) is 6.85. The molecular weight excluding hydrogens is 386 g/mol. The fourth-order valence-corrected chi connectivity index (χ4v) is 3.67. The number of aromatic nitrogens is 4. The molecule has 3 aromatic rings. The zero-order valence-corrected chi connectivity index (χ0v) is 17.6. The van der Waals surface area contributed by atoms with Crippen molar-refractivity contribution in [1.29, 1.82) is 0 Å². The third-order valence-corrected chi connectivity index (χ3v) is 5.43. The van der Waals surface area contributed by atoms with E-state index < -0.39 is 0 Å². The lowest BCUT2D eigenvalue weighted by molar-refractivity contribution is -0.113. The number of amides is 1. The molecule has 0 fully saturated rings. The Kier molecular flexibility index (Phi) is 7.00. The van der Waals surface area contributed by atoms with Crippen molar-refractivity contribution in [2.75, 3.05) is 11.1 Å². The summed E-state index contributed by atoms with van der Waals surface area (Å²) in [4.78, 5) is 16.5. The number of anilines is 1. The Bertz CT molecular complexity index is 969. The van der Waals surface area contributed by atoms with E-state index in [1.54, 1.807) is 12.4 Å². The number of hydrogen-bond donors (Lipinski definition) is 2. The SMILES string of the molecule is CCn1c(SCC(=O)Nc2ccc(C(C)C)cc2)nnc1-c1cncc(CO)c1. The van der Waals surface area contributed by atoms with Gasteiger partial charge in [-0.2, -0.15) is 0 Å². The lowest BCUT2D eigenvalue weighted by Crippen LogP contribution is -2.14. The molecule has 0 bridgehead atoms. The Labute approximate surface area is 174 Å². The summed E-state index contributed by atoms with van der Waals surface area (Å²) in [5, 5.41) is 21.4. The van der Waals surface area contributed by atoms with Crippen LogP contribution in [0, 0.1) is 0 Å². The van der Waals surface area contributed by atoms with E-state index in [1.165, 1.54) is 17.3 Å². The standard InChI is InChI=1S/C21H25N5O2S/c1-4-26-20(17-9-15(12-27)10-22-11-17)24-25-21(26)29-13-19(28)23-18-7-5-16(6-8-18)14(2)3/h5-11,14,27H,4,12-13H2,1-3H3,(H,23,28). The van der Waals surface area contributed by atoms with Crippen LogP contribution in [0.2, 0.25) is 0 Å². The quantitative estimate of drug-likeness (QED) is 0.549. The second kappa shape index (κ2) is 9.67. The fourth-order valence-electron chi connectivity index (χ4n) is 2.87. The third kappa shape index (κ3) is 5.21. The van der Waals surface area contributed by atoms with Crippen molar-refractivity contribution in [3.8, 4) is 11.4 Å². The summed E-state index contributed by atoms with van der Waals surface area (Å²) in [7, 11) is 0. The molecule has 0 saturated heterocycles. The number of rotatable bonds is 8. The molecule has 0 spiro atoms. The zero-order chi connectivity index (χ0) is 20.8. The van der Waals surface area contributed by atoms with E-state index in [4.69, 9.17) is 0 Å². The first kappa shape index (κ1) is 21.0. The monoisotopic (exact) mass is 411 g/mol. The maximum absolute atomic E-state index is 12.3. The van der Waals surface area contributed by atoms with Crippen LogP contribution < -0.4 is 5.32 Å². The van der Waals surface area contributed by atoms with E-state index in [9.17, 15) is 9.90 Å². The minimum atomic E-state index is -0.0940. The normalized spacial score (nSPS) is 11.1. The second-order valence-corrected chi connectivity index (χ2v) is 7.85. The zero-order valence-electron chi connectivity index (χ0n) is 16.8. The van der Waals surface area contributed by atoms with Crippen LogP contribution in [0.3, 0.4) is 0 Å². The maximum Gasteiger partial charge on any atom is 0.234 e. The van der Waals surface area contributed by atoms with Crippen LogP contribution in [0.15, 0.2) is 47.9 Å². The molecule has 0 aliphatic carbocycles. The topological polar surface area (TPSA) is 92.9 Å². The van der Waals surface area contributed by atoms with E-state index in [2.05, 4.69) is 34.3 Å². The van der Waals surface area contributed by atoms with Crippen molar-refractivity contribution in [1.82, 2.24) is 19.7 Å². The van der Waals surface area contributed by atoms with Gasteiger partial charge in [0.05, 0.1) is 12.4 Å². The van der Waals surface area contributed by atoms with E-state index in [0.717, 1.165) is 11.3 Å². The molecular formula is C21H25N5O2S. The van der Waals surface area contributed by atoms with Crippen molar-refractivity contribution >= 4 is 23.4 Å². The first-order valence-corrected chi connectivity index (χ1v) is 10.5. The molecule has 3 rings (SSSR count). The highest BCUT2D eigenvalue weighted by molar-refractivity contribution is 7.99. The maximum atomic E-state index is 12.3. The highest BCUT2D eigenvalue weighted by Crippen LogP contribution is 2.24. The van der Waals surface area contributed by atoms with Gasteiger partial charge in [-0.3, -0.25) is 9.78 Å². The first-order chi connectivity index (χ1) is 14.0. The molecule has 0 radical (unpaired) electrons. The number of hydrogen-bond acceptors (Lipinski definition) is 6. The summed E-state index contributed by atoms with van der Waals surface area (Å²) in [6, 6.07) is 9.74. The van der Waals surface area contributed by atoms with Crippen LogP contribution >= 0.6 is 11.8 Å². The van der Waals surface area contributed by atoms with Gasteiger partial charge in [0.2, 0.25) is 5.91 Å². The van der Waals surface area contributed by atoms with Crippen molar-refractivity contribution in [2.45, 2.75) is 45.0 Å². The van der Waals surface area contributed by atoms with Gasteiger partial charge in [0.25, 0.3) is 0 Å². The van der Waals surface area contributed by atoms with Crippen molar-refractivity contribution in [2.24, 2.45) is 0 Å². The molecule has 0 atom stereocenters. The summed E-state index contributed by atoms with van der Waals surface area (Å²) in [6.07, 6.45) is 3.31. The largest absolute Gasteiger partial charge is 0.392 e. The third-order valence-electron chi connectivity index (χ3n) is 4.46. The highest BCUT2D eigenvalue weighted by atomic mass is 32.2. The molecule has 0 unspecified atom stereocenters. The van der Waals surface area contributed by atoms with E-state index in [1.807, 2.05) is 41.8 Å². The smallest absolute Gasteiger partial charge is 0.234 e. The van der Waals surface area contributed by atoms with E-state index >= 15 is 0 Å². The number of nitrogens with one attached hydrogen (secondary N) is 1. The van der Waals surface area contributed by atoms with Crippen molar-refractivity contribution in [3.63, 3.8) is 0 Å². The van der Waals surface area contributed by atoms with E-state index in [0.29, 0.717) is 29.0 Å². The first-order valence-electron chi connectivity index (χ1n) is 9.52. The number of aliphatic hydroxyl groups is 1. The van der Waals surface area contributed by atoms with Crippen LogP contribution in [0.5, 0.6) is 0 Å². The molecule has 2 aromatic heterocycles. The Morgan fingerprint density at radius 2 is 1.97 bits per heavy atom. The molecule has 7 nitrogen and oxygen atoms in total. The summed E-state index contributed by atoms with van der Waals surface area (Å²) in [5.74, 6) is 1.27. The van der Waals surface area contributed by atoms with Crippen LogP contribution in [-0.2, 0) is 17.9 Å². The lowest BCUT2D eigenvalue weighted by atomic mass is 10.0. The van der Waals surface area contributed by atoms with Crippen LogP contribution in [0.25, 0.3) is 11.4 Å². The molecule has 0 aliphatic rings. The lowest BCUT2D eigenvalue weighted by Gasteiger charge is -2.09. The number of thioether (sulfide) groups is 1.